The minimum atomic E-state index is -0.628. The zero-order valence-corrected chi connectivity index (χ0v) is 15.3. The van der Waals surface area contributed by atoms with Gasteiger partial charge in [-0.05, 0) is 43.7 Å². The molecule has 0 atom stereocenters. The van der Waals surface area contributed by atoms with Gasteiger partial charge >= 0.3 is 11.9 Å². The number of hydrogen-bond donors (Lipinski definition) is 0. The number of aryl methyl sites for hydroxylation is 1. The first kappa shape index (κ1) is 20.1. The second-order valence-electron chi connectivity index (χ2n) is 5.98. The van der Waals surface area contributed by atoms with Crippen LogP contribution in [0.1, 0.15) is 51.6 Å². The van der Waals surface area contributed by atoms with Crippen LogP contribution in [0, 0.1) is 17.0 Å². The van der Waals surface area contributed by atoms with Crippen molar-refractivity contribution in [2.45, 2.75) is 33.3 Å². The van der Waals surface area contributed by atoms with Crippen LogP contribution in [0.2, 0.25) is 0 Å². The Kier molecular flexibility index (Phi) is 7.05. The number of para-hydroxylation sites is 1. The topological polar surface area (TPSA) is 95.7 Å². The highest BCUT2D eigenvalue weighted by Crippen LogP contribution is 2.24. The monoisotopic (exact) mass is 371 g/mol. The van der Waals surface area contributed by atoms with Gasteiger partial charge in [-0.15, -0.1) is 0 Å². The van der Waals surface area contributed by atoms with Crippen LogP contribution in [0.3, 0.4) is 0 Å². The Balaban J connectivity index is 2.00. The lowest BCUT2D eigenvalue weighted by Crippen LogP contribution is -2.09. The molecule has 0 amide bonds. The van der Waals surface area contributed by atoms with E-state index in [0.29, 0.717) is 23.3 Å². The first-order chi connectivity index (χ1) is 12.9. The average Bonchev–Trinajstić information content (AvgIpc) is 2.66. The molecule has 0 aliphatic heterocycles. The number of esters is 2. The summed E-state index contributed by atoms with van der Waals surface area (Å²) in [5.74, 6) is -1.07. The van der Waals surface area contributed by atoms with Gasteiger partial charge in [0.15, 0.2) is 0 Å². The third-order valence-electron chi connectivity index (χ3n) is 3.95. The normalized spacial score (nSPS) is 10.3. The standard InChI is InChI=1S/C20H21NO6/c1-3-4-12-26-19(22)15-8-10-16(11-9-15)20(23)27-13-17-7-5-6-14(2)18(17)21(24)25/h5-11H,3-4,12-13H2,1-2H3. The molecule has 0 spiro atoms. The quantitative estimate of drug-likeness (QED) is 0.298. The van der Waals surface area contributed by atoms with Gasteiger partial charge in [-0.2, -0.15) is 0 Å². The molecule has 0 saturated carbocycles. The number of nitro benzene ring substituents is 1. The van der Waals surface area contributed by atoms with Gasteiger partial charge in [0, 0.05) is 5.56 Å². The summed E-state index contributed by atoms with van der Waals surface area (Å²) in [6.07, 6.45) is 1.72. The maximum Gasteiger partial charge on any atom is 0.338 e. The van der Waals surface area contributed by atoms with E-state index in [9.17, 15) is 19.7 Å². The van der Waals surface area contributed by atoms with E-state index in [1.807, 2.05) is 6.92 Å². The van der Waals surface area contributed by atoms with E-state index in [-0.39, 0.29) is 17.9 Å². The number of carbonyl (C=O) groups is 2. The lowest BCUT2D eigenvalue weighted by atomic mass is 10.1. The number of ether oxygens (including phenoxy) is 2. The van der Waals surface area contributed by atoms with Crippen molar-refractivity contribution in [2.75, 3.05) is 6.61 Å². The maximum atomic E-state index is 12.2. The highest BCUT2D eigenvalue weighted by atomic mass is 16.6. The summed E-state index contributed by atoms with van der Waals surface area (Å²) in [5, 5.41) is 11.2. The highest BCUT2D eigenvalue weighted by molar-refractivity contribution is 5.93. The van der Waals surface area contributed by atoms with Crippen LogP contribution in [0.4, 0.5) is 5.69 Å². The van der Waals surface area contributed by atoms with Crippen molar-refractivity contribution in [3.05, 3.63) is 74.8 Å². The number of nitrogens with zero attached hydrogens (tertiary/aromatic N) is 1. The second kappa shape index (κ2) is 9.47. The Morgan fingerprint density at radius 3 is 2.15 bits per heavy atom. The molecule has 0 saturated heterocycles. The van der Waals surface area contributed by atoms with Gasteiger partial charge in [0.1, 0.15) is 6.61 Å². The van der Waals surface area contributed by atoms with E-state index < -0.39 is 16.9 Å². The van der Waals surface area contributed by atoms with Gasteiger partial charge in [-0.1, -0.05) is 25.5 Å². The molecular weight excluding hydrogens is 350 g/mol. The SMILES string of the molecule is CCCCOC(=O)c1ccc(C(=O)OCc2cccc(C)c2[N+](=O)[O-])cc1. The minimum Gasteiger partial charge on any atom is -0.462 e. The Morgan fingerprint density at radius 1 is 1.00 bits per heavy atom. The van der Waals surface area contributed by atoms with Gasteiger partial charge in [0.25, 0.3) is 5.69 Å². The lowest BCUT2D eigenvalue weighted by Gasteiger charge is -2.08. The first-order valence-electron chi connectivity index (χ1n) is 8.61. The molecule has 142 valence electrons. The zero-order chi connectivity index (χ0) is 19.8. The summed E-state index contributed by atoms with van der Waals surface area (Å²) in [6.45, 7) is 3.77. The van der Waals surface area contributed by atoms with E-state index >= 15 is 0 Å². The fraction of sp³-hybridized carbons (Fsp3) is 0.300. The third kappa shape index (κ3) is 5.37. The molecule has 0 aromatic heterocycles. The second-order valence-corrected chi connectivity index (χ2v) is 5.98. The molecule has 0 bridgehead atoms. The van der Waals surface area contributed by atoms with Crippen molar-refractivity contribution < 1.29 is 24.0 Å². The summed E-state index contributed by atoms with van der Waals surface area (Å²) >= 11 is 0. The van der Waals surface area contributed by atoms with Gasteiger partial charge in [0.2, 0.25) is 0 Å². The van der Waals surface area contributed by atoms with Crippen molar-refractivity contribution in [3.63, 3.8) is 0 Å². The Hall–Kier alpha value is -3.22. The lowest BCUT2D eigenvalue weighted by molar-refractivity contribution is -0.386. The molecule has 0 radical (unpaired) electrons. The van der Waals surface area contributed by atoms with Crippen LogP contribution in [-0.2, 0) is 16.1 Å². The Bertz CT molecular complexity index is 829. The fourth-order valence-corrected chi connectivity index (χ4v) is 2.46. The van der Waals surface area contributed by atoms with E-state index in [1.165, 1.54) is 24.3 Å². The number of rotatable bonds is 8. The molecule has 2 aromatic carbocycles. The van der Waals surface area contributed by atoms with Gasteiger partial charge in [-0.3, -0.25) is 10.1 Å². The maximum absolute atomic E-state index is 12.2. The molecule has 0 unspecified atom stereocenters. The van der Waals surface area contributed by atoms with Gasteiger partial charge in [-0.25, -0.2) is 9.59 Å². The molecule has 0 heterocycles. The van der Waals surface area contributed by atoms with Gasteiger partial charge in [0.05, 0.1) is 28.2 Å². The molecule has 2 rings (SSSR count). The van der Waals surface area contributed by atoms with E-state index in [0.717, 1.165) is 12.8 Å². The molecule has 27 heavy (non-hydrogen) atoms. The molecule has 0 N–H and O–H groups in total. The summed E-state index contributed by atoms with van der Waals surface area (Å²) in [5.41, 5.74) is 1.35. The number of unbranched alkanes of at least 4 members (excludes halogenated alkanes) is 1. The summed E-state index contributed by atoms with van der Waals surface area (Å²) in [4.78, 5) is 34.7. The fourth-order valence-electron chi connectivity index (χ4n) is 2.46. The van der Waals surface area contributed by atoms with Crippen molar-refractivity contribution >= 4 is 17.6 Å². The molecule has 0 aliphatic carbocycles. The molecule has 2 aromatic rings. The largest absolute Gasteiger partial charge is 0.462 e. The number of carbonyl (C=O) groups excluding carboxylic acids is 2. The van der Waals surface area contributed by atoms with Gasteiger partial charge < -0.3 is 9.47 Å². The van der Waals surface area contributed by atoms with E-state index in [4.69, 9.17) is 9.47 Å². The van der Waals surface area contributed by atoms with Crippen LogP contribution in [0.15, 0.2) is 42.5 Å². The zero-order valence-electron chi connectivity index (χ0n) is 15.3. The third-order valence-corrected chi connectivity index (χ3v) is 3.95. The molecular formula is C20H21NO6. The molecule has 0 fully saturated rings. The molecule has 0 aliphatic rings. The molecule has 7 heteroatoms. The first-order valence-corrected chi connectivity index (χ1v) is 8.61. The summed E-state index contributed by atoms with van der Waals surface area (Å²) in [6, 6.07) is 10.7. The van der Waals surface area contributed by atoms with Crippen molar-refractivity contribution in [1.29, 1.82) is 0 Å². The summed E-state index contributed by atoms with van der Waals surface area (Å²) < 4.78 is 10.3. The summed E-state index contributed by atoms with van der Waals surface area (Å²) in [7, 11) is 0. The predicted molar refractivity (Wildman–Crippen MR) is 98.6 cm³/mol. The van der Waals surface area contributed by atoms with E-state index in [1.54, 1.807) is 25.1 Å². The smallest absolute Gasteiger partial charge is 0.338 e. The Morgan fingerprint density at radius 2 is 1.59 bits per heavy atom. The van der Waals surface area contributed by atoms with Crippen molar-refractivity contribution in [3.8, 4) is 0 Å². The van der Waals surface area contributed by atoms with Crippen LogP contribution in [0.25, 0.3) is 0 Å². The number of nitro groups is 1. The highest BCUT2D eigenvalue weighted by Gasteiger charge is 2.18. The van der Waals surface area contributed by atoms with Crippen molar-refractivity contribution in [2.24, 2.45) is 0 Å². The molecule has 7 nitrogen and oxygen atoms in total. The Labute approximate surface area is 157 Å². The predicted octanol–water partition coefficient (Wildman–Crippen LogP) is 4.22. The average molecular weight is 371 g/mol. The van der Waals surface area contributed by atoms with Crippen LogP contribution in [0.5, 0.6) is 0 Å². The minimum absolute atomic E-state index is 0.0597. The van der Waals surface area contributed by atoms with Crippen molar-refractivity contribution in [1.82, 2.24) is 0 Å². The number of benzene rings is 2. The van der Waals surface area contributed by atoms with Crippen LogP contribution in [-0.4, -0.2) is 23.5 Å². The number of hydrogen-bond acceptors (Lipinski definition) is 6. The van der Waals surface area contributed by atoms with E-state index in [2.05, 4.69) is 0 Å². The van der Waals surface area contributed by atoms with Crippen LogP contribution >= 0.6 is 0 Å². The van der Waals surface area contributed by atoms with Crippen LogP contribution < -0.4 is 0 Å².